The van der Waals surface area contributed by atoms with Gasteiger partial charge in [0.15, 0.2) is 0 Å². The number of nitrogens with zero attached hydrogens (tertiary/aromatic N) is 2. The first-order valence-corrected chi connectivity index (χ1v) is 9.29. The second-order valence-electron chi connectivity index (χ2n) is 5.95. The molecule has 8 heteroatoms. The number of carbonyl (C=O) groups excluding carboxylic acids is 1. The molecule has 2 rings (SSSR count). The van der Waals surface area contributed by atoms with E-state index >= 15 is 0 Å². The van der Waals surface area contributed by atoms with Crippen molar-refractivity contribution >= 4 is 15.9 Å². The number of aromatic nitrogens is 1. The fraction of sp³-hybridized carbons (Fsp3) is 0.714. The predicted octanol–water partition coefficient (Wildman–Crippen LogP) is 0.622. The molecule has 7 nitrogen and oxygen atoms in total. The molecule has 124 valence electrons. The van der Waals surface area contributed by atoms with E-state index in [0.717, 1.165) is 36.9 Å². The van der Waals surface area contributed by atoms with Crippen LogP contribution in [0.25, 0.3) is 0 Å². The number of nitrogens with one attached hydrogen (secondary N) is 1. The number of rotatable bonds is 5. The van der Waals surface area contributed by atoms with Gasteiger partial charge in [-0.25, -0.2) is 13.1 Å². The van der Waals surface area contributed by atoms with Gasteiger partial charge in [0.1, 0.15) is 5.76 Å². The van der Waals surface area contributed by atoms with Crippen molar-refractivity contribution in [2.24, 2.45) is 5.92 Å². The van der Waals surface area contributed by atoms with Crippen LogP contribution in [0.2, 0.25) is 0 Å². The van der Waals surface area contributed by atoms with Gasteiger partial charge in [0, 0.05) is 25.2 Å². The van der Waals surface area contributed by atoms with Crippen LogP contribution in [0.4, 0.5) is 0 Å². The molecule has 0 unspecified atom stereocenters. The second-order valence-corrected chi connectivity index (χ2v) is 7.78. The van der Waals surface area contributed by atoms with E-state index < -0.39 is 10.0 Å². The smallest absolute Gasteiger partial charge is 0.227 e. The lowest BCUT2D eigenvalue weighted by Crippen LogP contribution is -2.44. The van der Waals surface area contributed by atoms with Gasteiger partial charge in [-0.3, -0.25) is 4.79 Å². The Morgan fingerprint density at radius 2 is 2.18 bits per heavy atom. The molecule has 1 fully saturated rings. The van der Waals surface area contributed by atoms with Crippen LogP contribution < -0.4 is 4.72 Å². The van der Waals surface area contributed by atoms with E-state index in [1.54, 1.807) is 6.92 Å². The number of hydrogen-bond acceptors (Lipinski definition) is 5. The number of likely N-dealkylation sites (tertiary alicyclic amines) is 1. The lowest BCUT2D eigenvalue weighted by atomic mass is 9.97. The maximum Gasteiger partial charge on any atom is 0.227 e. The quantitative estimate of drug-likeness (QED) is 0.855. The number of aryl methyl sites for hydroxylation is 2. The van der Waals surface area contributed by atoms with Gasteiger partial charge in [0.2, 0.25) is 15.9 Å². The SMILES string of the molecule is Cc1noc(C)c1CC(=O)N1CCC[C@H](CNS(C)(=O)=O)C1. The monoisotopic (exact) mass is 329 g/mol. The third-order valence-electron chi connectivity index (χ3n) is 4.02. The summed E-state index contributed by atoms with van der Waals surface area (Å²) >= 11 is 0. The van der Waals surface area contributed by atoms with E-state index in [4.69, 9.17) is 4.52 Å². The first kappa shape index (κ1) is 17.0. The zero-order valence-electron chi connectivity index (χ0n) is 13.3. The Kier molecular flexibility index (Phi) is 5.23. The van der Waals surface area contributed by atoms with Crippen LogP contribution in [0.3, 0.4) is 0 Å². The number of hydrogen-bond donors (Lipinski definition) is 1. The van der Waals surface area contributed by atoms with Crippen LogP contribution in [0.1, 0.15) is 29.9 Å². The Bertz CT molecular complexity index is 619. The largest absolute Gasteiger partial charge is 0.361 e. The summed E-state index contributed by atoms with van der Waals surface area (Å²) in [5.41, 5.74) is 1.60. The minimum absolute atomic E-state index is 0.0402. The number of carbonyl (C=O) groups is 1. The summed E-state index contributed by atoms with van der Waals surface area (Å²) in [7, 11) is -3.19. The highest BCUT2D eigenvalue weighted by Gasteiger charge is 2.25. The fourth-order valence-corrected chi connectivity index (χ4v) is 3.28. The number of piperidine rings is 1. The van der Waals surface area contributed by atoms with Crippen LogP contribution >= 0.6 is 0 Å². The van der Waals surface area contributed by atoms with Gasteiger partial charge in [-0.2, -0.15) is 0 Å². The normalized spacial score (nSPS) is 19.4. The molecule has 1 saturated heterocycles. The van der Waals surface area contributed by atoms with Crippen molar-refractivity contribution in [1.82, 2.24) is 14.8 Å². The molecule has 1 aliphatic heterocycles. The average Bonchev–Trinajstić information content (AvgIpc) is 2.76. The molecular formula is C14H23N3O4S. The zero-order chi connectivity index (χ0) is 16.3. The first-order chi connectivity index (χ1) is 10.3. The van der Waals surface area contributed by atoms with Gasteiger partial charge in [-0.15, -0.1) is 0 Å². The van der Waals surface area contributed by atoms with Gasteiger partial charge in [-0.1, -0.05) is 5.16 Å². The third kappa shape index (κ3) is 4.54. The average molecular weight is 329 g/mol. The first-order valence-electron chi connectivity index (χ1n) is 7.40. The summed E-state index contributed by atoms with van der Waals surface area (Å²) in [5.74, 6) is 0.883. The van der Waals surface area contributed by atoms with E-state index in [1.165, 1.54) is 0 Å². The van der Waals surface area contributed by atoms with Gasteiger partial charge < -0.3 is 9.42 Å². The van der Waals surface area contributed by atoms with Crippen LogP contribution in [0.15, 0.2) is 4.52 Å². The van der Waals surface area contributed by atoms with Crippen LogP contribution in [0, 0.1) is 19.8 Å². The highest BCUT2D eigenvalue weighted by Crippen LogP contribution is 2.19. The van der Waals surface area contributed by atoms with Crippen molar-refractivity contribution in [1.29, 1.82) is 0 Å². The van der Waals surface area contributed by atoms with Crippen molar-refractivity contribution in [3.05, 3.63) is 17.0 Å². The Hall–Kier alpha value is -1.41. The van der Waals surface area contributed by atoms with Gasteiger partial charge in [0.25, 0.3) is 0 Å². The van der Waals surface area contributed by atoms with Crippen molar-refractivity contribution in [3.8, 4) is 0 Å². The fourth-order valence-electron chi connectivity index (χ4n) is 2.74. The summed E-state index contributed by atoms with van der Waals surface area (Å²) in [5, 5.41) is 3.86. The minimum atomic E-state index is -3.19. The molecule has 1 aromatic rings. The topological polar surface area (TPSA) is 92.5 Å². The molecule has 1 amide bonds. The highest BCUT2D eigenvalue weighted by molar-refractivity contribution is 7.88. The van der Waals surface area contributed by atoms with Crippen molar-refractivity contribution in [2.75, 3.05) is 25.9 Å². The van der Waals surface area contributed by atoms with Crippen molar-refractivity contribution < 1.29 is 17.7 Å². The van der Waals surface area contributed by atoms with Crippen LogP contribution in [-0.4, -0.2) is 50.3 Å². The van der Waals surface area contributed by atoms with Gasteiger partial charge in [0.05, 0.1) is 18.4 Å². The zero-order valence-corrected chi connectivity index (χ0v) is 14.1. The third-order valence-corrected chi connectivity index (χ3v) is 4.71. The maximum atomic E-state index is 12.4. The van der Waals surface area contributed by atoms with E-state index in [2.05, 4.69) is 9.88 Å². The molecule has 1 N–H and O–H groups in total. The second kappa shape index (κ2) is 6.78. The standard InChI is InChI=1S/C14H23N3O4S/c1-10-13(11(2)21-16-10)7-14(18)17-6-4-5-12(9-17)8-15-22(3,19)20/h12,15H,4-9H2,1-3H3/t12-/m1/s1. The molecule has 0 saturated carbocycles. The molecule has 2 heterocycles. The molecule has 0 spiro atoms. The summed E-state index contributed by atoms with van der Waals surface area (Å²) < 4.78 is 29.9. The van der Waals surface area contributed by atoms with Crippen LogP contribution in [0.5, 0.6) is 0 Å². The molecule has 1 aliphatic rings. The Morgan fingerprint density at radius 1 is 1.45 bits per heavy atom. The predicted molar refractivity (Wildman–Crippen MR) is 81.8 cm³/mol. The van der Waals surface area contributed by atoms with E-state index in [9.17, 15) is 13.2 Å². The van der Waals surface area contributed by atoms with E-state index in [0.29, 0.717) is 18.8 Å². The van der Waals surface area contributed by atoms with Gasteiger partial charge >= 0.3 is 0 Å². The molecule has 1 aromatic heterocycles. The van der Waals surface area contributed by atoms with Crippen LogP contribution in [-0.2, 0) is 21.2 Å². The molecule has 1 atom stereocenters. The summed E-state index contributed by atoms with van der Waals surface area (Å²) in [6.07, 6.45) is 3.25. The summed E-state index contributed by atoms with van der Waals surface area (Å²) in [6.45, 7) is 5.32. The lowest BCUT2D eigenvalue weighted by molar-refractivity contribution is -0.132. The summed E-state index contributed by atoms with van der Waals surface area (Å²) in [6, 6.07) is 0. The maximum absolute atomic E-state index is 12.4. The Labute approximate surface area is 131 Å². The molecule has 0 aliphatic carbocycles. The number of amides is 1. The number of sulfonamides is 1. The molecule has 22 heavy (non-hydrogen) atoms. The van der Waals surface area contributed by atoms with Gasteiger partial charge in [-0.05, 0) is 32.6 Å². The summed E-state index contributed by atoms with van der Waals surface area (Å²) in [4.78, 5) is 14.2. The minimum Gasteiger partial charge on any atom is -0.361 e. The Balaban J connectivity index is 1.93. The highest BCUT2D eigenvalue weighted by atomic mass is 32.2. The Morgan fingerprint density at radius 3 is 2.77 bits per heavy atom. The van der Waals surface area contributed by atoms with Crippen molar-refractivity contribution in [3.63, 3.8) is 0 Å². The molecule has 0 bridgehead atoms. The lowest BCUT2D eigenvalue weighted by Gasteiger charge is -2.32. The van der Waals surface area contributed by atoms with E-state index in [1.807, 2.05) is 11.8 Å². The van der Waals surface area contributed by atoms with E-state index in [-0.39, 0.29) is 18.2 Å². The van der Waals surface area contributed by atoms with Crippen molar-refractivity contribution in [2.45, 2.75) is 33.1 Å². The molecule has 0 aromatic carbocycles. The molecule has 0 radical (unpaired) electrons. The molecular weight excluding hydrogens is 306 g/mol.